The van der Waals surface area contributed by atoms with Crippen LogP contribution >= 0.6 is 11.3 Å². The summed E-state index contributed by atoms with van der Waals surface area (Å²) in [5, 5.41) is 0. The van der Waals surface area contributed by atoms with E-state index in [1.165, 1.54) is 11.3 Å². The largest absolute Gasteiger partial charge is 0.486 e. The van der Waals surface area contributed by atoms with Crippen molar-refractivity contribution in [1.82, 2.24) is 4.57 Å². The van der Waals surface area contributed by atoms with E-state index in [0.29, 0.717) is 29.5 Å². The molecular formula is C27H24N2O5S. The molecule has 0 bridgehead atoms. The van der Waals surface area contributed by atoms with E-state index in [2.05, 4.69) is 4.99 Å². The van der Waals surface area contributed by atoms with Crippen LogP contribution in [0.1, 0.15) is 24.0 Å². The van der Waals surface area contributed by atoms with Crippen molar-refractivity contribution in [2.24, 2.45) is 4.99 Å². The van der Waals surface area contributed by atoms with Gasteiger partial charge in [-0.15, -0.1) is 0 Å². The van der Waals surface area contributed by atoms with Crippen LogP contribution in [0.2, 0.25) is 0 Å². The van der Waals surface area contributed by atoms with Crippen LogP contribution in [-0.2, 0) is 20.9 Å². The SMILES string of the molecule is CCOC(=O)Cn1c(=NC(=O)C(c2ccccc2)c2ccccc2)sc2cc3c(cc21)OCCO3. The predicted octanol–water partition coefficient (Wildman–Crippen LogP) is 4.30. The molecular weight excluding hydrogens is 464 g/mol. The van der Waals surface area contributed by atoms with Crippen molar-refractivity contribution in [3.8, 4) is 11.5 Å². The number of fused-ring (bicyclic) bond motifs is 2. The lowest BCUT2D eigenvalue weighted by Gasteiger charge is -2.18. The van der Waals surface area contributed by atoms with E-state index in [9.17, 15) is 9.59 Å². The molecule has 0 unspecified atom stereocenters. The third-order valence-electron chi connectivity index (χ3n) is 5.66. The number of ether oxygens (including phenoxy) is 3. The lowest BCUT2D eigenvalue weighted by Crippen LogP contribution is -2.24. The predicted molar refractivity (Wildman–Crippen MR) is 133 cm³/mol. The molecule has 0 fully saturated rings. The van der Waals surface area contributed by atoms with Gasteiger partial charge in [0.2, 0.25) is 0 Å². The maximum atomic E-state index is 13.7. The molecule has 4 aromatic rings. The maximum Gasteiger partial charge on any atom is 0.326 e. The third kappa shape index (κ3) is 4.83. The minimum absolute atomic E-state index is 0.0685. The highest BCUT2D eigenvalue weighted by molar-refractivity contribution is 7.16. The second kappa shape index (κ2) is 10.1. The first-order valence-electron chi connectivity index (χ1n) is 11.4. The van der Waals surface area contributed by atoms with Gasteiger partial charge in [-0.2, -0.15) is 4.99 Å². The molecule has 2 heterocycles. The first-order chi connectivity index (χ1) is 17.1. The van der Waals surface area contributed by atoms with E-state index < -0.39 is 11.9 Å². The molecule has 0 saturated heterocycles. The Morgan fingerprint density at radius 1 is 0.971 bits per heavy atom. The highest BCUT2D eigenvalue weighted by Gasteiger charge is 2.24. The van der Waals surface area contributed by atoms with Crippen molar-refractivity contribution in [3.63, 3.8) is 0 Å². The molecule has 1 aliphatic heterocycles. The fraction of sp³-hybridized carbons (Fsp3) is 0.222. The van der Waals surface area contributed by atoms with Crippen molar-refractivity contribution < 1.29 is 23.8 Å². The van der Waals surface area contributed by atoms with E-state index in [1.54, 1.807) is 11.5 Å². The number of rotatable bonds is 6. The van der Waals surface area contributed by atoms with Gasteiger partial charge in [0.25, 0.3) is 5.91 Å². The van der Waals surface area contributed by atoms with E-state index in [4.69, 9.17) is 14.2 Å². The van der Waals surface area contributed by atoms with Crippen LogP contribution in [0.5, 0.6) is 11.5 Å². The highest BCUT2D eigenvalue weighted by Crippen LogP contribution is 2.35. The van der Waals surface area contributed by atoms with Gasteiger partial charge in [-0.1, -0.05) is 72.0 Å². The minimum atomic E-state index is -0.571. The summed E-state index contributed by atoms with van der Waals surface area (Å²) in [6.45, 7) is 2.88. The van der Waals surface area contributed by atoms with Gasteiger partial charge in [-0.05, 0) is 18.1 Å². The van der Waals surface area contributed by atoms with Crippen molar-refractivity contribution in [2.75, 3.05) is 19.8 Å². The summed E-state index contributed by atoms with van der Waals surface area (Å²) >= 11 is 1.33. The second-order valence-electron chi connectivity index (χ2n) is 7.94. The molecule has 1 aliphatic rings. The average Bonchev–Trinajstić information content (AvgIpc) is 3.19. The van der Waals surface area contributed by atoms with Gasteiger partial charge in [-0.3, -0.25) is 9.59 Å². The molecule has 3 aromatic carbocycles. The molecule has 0 atom stereocenters. The van der Waals surface area contributed by atoms with Crippen LogP contribution in [0.4, 0.5) is 0 Å². The van der Waals surface area contributed by atoms with E-state index in [1.807, 2.05) is 72.8 Å². The van der Waals surface area contributed by atoms with Crippen molar-refractivity contribution in [2.45, 2.75) is 19.4 Å². The van der Waals surface area contributed by atoms with Gasteiger partial charge in [0.05, 0.1) is 22.7 Å². The molecule has 35 heavy (non-hydrogen) atoms. The quantitative estimate of drug-likeness (QED) is 0.378. The molecule has 1 aromatic heterocycles. The number of carbonyl (C=O) groups excluding carboxylic acids is 2. The van der Waals surface area contributed by atoms with Gasteiger partial charge >= 0.3 is 5.97 Å². The number of thiazole rings is 1. The van der Waals surface area contributed by atoms with Gasteiger partial charge in [0, 0.05) is 12.1 Å². The van der Waals surface area contributed by atoms with Crippen LogP contribution in [0, 0.1) is 0 Å². The zero-order valence-corrected chi connectivity index (χ0v) is 20.0. The monoisotopic (exact) mass is 488 g/mol. The van der Waals surface area contributed by atoms with Gasteiger partial charge in [0.1, 0.15) is 19.8 Å². The Morgan fingerprint density at radius 3 is 2.17 bits per heavy atom. The molecule has 178 valence electrons. The van der Waals surface area contributed by atoms with Gasteiger partial charge in [-0.25, -0.2) is 0 Å². The maximum absolute atomic E-state index is 13.7. The molecule has 0 N–H and O–H groups in total. The number of benzene rings is 3. The highest BCUT2D eigenvalue weighted by atomic mass is 32.1. The third-order valence-corrected chi connectivity index (χ3v) is 6.70. The van der Waals surface area contributed by atoms with E-state index >= 15 is 0 Å². The zero-order valence-electron chi connectivity index (χ0n) is 19.2. The zero-order chi connectivity index (χ0) is 24.2. The Kier molecular flexibility index (Phi) is 6.63. The van der Waals surface area contributed by atoms with Crippen LogP contribution in [-0.4, -0.2) is 36.3 Å². The summed E-state index contributed by atoms with van der Waals surface area (Å²) in [4.78, 5) is 31.1. The standard InChI is InChI=1S/C27H24N2O5S/c1-2-32-24(30)17-29-20-15-21-22(34-14-13-33-21)16-23(20)35-27(29)28-26(31)25(18-9-5-3-6-10-18)19-11-7-4-8-12-19/h3-12,15-16,25H,2,13-14,17H2,1H3. The molecule has 1 amide bonds. The summed E-state index contributed by atoms with van der Waals surface area (Å²) in [5.41, 5.74) is 2.43. The minimum Gasteiger partial charge on any atom is -0.486 e. The topological polar surface area (TPSA) is 79.1 Å². The van der Waals surface area contributed by atoms with Gasteiger partial charge < -0.3 is 18.8 Å². The van der Waals surface area contributed by atoms with Crippen LogP contribution < -0.4 is 14.3 Å². The first kappa shape index (κ1) is 22.9. The fourth-order valence-corrected chi connectivity index (χ4v) is 5.15. The molecule has 8 heteroatoms. The number of carbonyl (C=O) groups is 2. The number of hydrogen-bond acceptors (Lipinski definition) is 6. The molecule has 0 radical (unpaired) electrons. The molecule has 0 saturated carbocycles. The van der Waals surface area contributed by atoms with Crippen LogP contribution in [0.3, 0.4) is 0 Å². The summed E-state index contributed by atoms with van der Waals surface area (Å²) in [6.07, 6.45) is 0. The Morgan fingerprint density at radius 2 is 1.57 bits per heavy atom. The fourth-order valence-electron chi connectivity index (χ4n) is 4.11. The number of esters is 1. The number of hydrogen-bond donors (Lipinski definition) is 0. The molecule has 7 nitrogen and oxygen atoms in total. The van der Waals surface area contributed by atoms with Crippen molar-refractivity contribution in [1.29, 1.82) is 0 Å². The van der Waals surface area contributed by atoms with Crippen molar-refractivity contribution in [3.05, 3.63) is 88.7 Å². The lowest BCUT2D eigenvalue weighted by atomic mass is 9.91. The first-order valence-corrected chi connectivity index (χ1v) is 12.2. The smallest absolute Gasteiger partial charge is 0.326 e. The second-order valence-corrected chi connectivity index (χ2v) is 8.95. The lowest BCUT2D eigenvalue weighted by molar-refractivity contribution is -0.143. The Labute approximate surface area is 206 Å². The molecule has 5 rings (SSSR count). The average molecular weight is 489 g/mol. The summed E-state index contributed by atoms with van der Waals surface area (Å²) in [6, 6.07) is 22.8. The summed E-state index contributed by atoms with van der Waals surface area (Å²) in [7, 11) is 0. The Bertz CT molecular complexity index is 1390. The number of amides is 1. The van der Waals surface area contributed by atoms with Crippen LogP contribution in [0.25, 0.3) is 10.2 Å². The number of nitrogens with zero attached hydrogens (tertiary/aromatic N) is 2. The Hall–Kier alpha value is -3.91. The normalized spacial score (nSPS) is 13.3. The number of aromatic nitrogens is 1. The molecule has 0 spiro atoms. The van der Waals surface area contributed by atoms with E-state index in [-0.39, 0.29) is 19.1 Å². The van der Waals surface area contributed by atoms with Crippen molar-refractivity contribution >= 4 is 33.4 Å². The summed E-state index contributed by atoms with van der Waals surface area (Å²) < 4.78 is 19.2. The van der Waals surface area contributed by atoms with Crippen LogP contribution in [0.15, 0.2) is 77.8 Å². The summed E-state index contributed by atoms with van der Waals surface area (Å²) in [5.74, 6) is -0.0536. The Balaban J connectivity index is 1.64. The van der Waals surface area contributed by atoms with Gasteiger partial charge in [0.15, 0.2) is 16.3 Å². The van der Waals surface area contributed by atoms with E-state index in [0.717, 1.165) is 21.3 Å². The molecule has 0 aliphatic carbocycles.